The predicted molar refractivity (Wildman–Crippen MR) is 76.9 cm³/mol. The summed E-state index contributed by atoms with van der Waals surface area (Å²) in [5.41, 5.74) is 0.772. The molecule has 0 amide bonds. The minimum absolute atomic E-state index is 0.0774. The molecule has 5 heteroatoms. The van der Waals surface area contributed by atoms with Gasteiger partial charge in [-0.1, -0.05) is 26.7 Å². The maximum atomic E-state index is 10.8. The maximum Gasteiger partial charge on any atom is 0.271 e. The van der Waals surface area contributed by atoms with Crippen LogP contribution in [0.2, 0.25) is 0 Å². The van der Waals surface area contributed by atoms with Crippen LogP contribution in [0, 0.1) is 10.1 Å². The number of anilines is 1. The molecule has 0 saturated carbocycles. The number of nitro benzene ring substituents is 1. The van der Waals surface area contributed by atoms with Crippen molar-refractivity contribution in [2.24, 2.45) is 0 Å². The van der Waals surface area contributed by atoms with Crippen molar-refractivity contribution in [3.05, 3.63) is 28.3 Å². The number of unbranched alkanes of at least 4 members (excludes halogenated alkanes) is 1. The molecule has 0 radical (unpaired) electrons. The van der Waals surface area contributed by atoms with Gasteiger partial charge in [0.1, 0.15) is 5.75 Å². The summed E-state index contributed by atoms with van der Waals surface area (Å²) in [7, 11) is 1.57. The van der Waals surface area contributed by atoms with Crippen molar-refractivity contribution in [3.8, 4) is 5.75 Å². The number of hydrogen-bond acceptors (Lipinski definition) is 4. The first-order valence-corrected chi connectivity index (χ1v) is 6.71. The van der Waals surface area contributed by atoms with Crippen molar-refractivity contribution in [1.82, 2.24) is 0 Å². The highest BCUT2D eigenvalue weighted by atomic mass is 16.6. The van der Waals surface area contributed by atoms with Gasteiger partial charge in [-0.2, -0.15) is 0 Å². The zero-order valence-electron chi connectivity index (χ0n) is 11.8. The van der Waals surface area contributed by atoms with Gasteiger partial charge in [0, 0.05) is 18.2 Å². The molecule has 0 aliphatic rings. The van der Waals surface area contributed by atoms with Gasteiger partial charge in [0.2, 0.25) is 0 Å². The smallest absolute Gasteiger partial charge is 0.271 e. The molecule has 0 aliphatic carbocycles. The van der Waals surface area contributed by atoms with E-state index in [1.165, 1.54) is 12.1 Å². The van der Waals surface area contributed by atoms with Crippen LogP contribution in [-0.2, 0) is 0 Å². The van der Waals surface area contributed by atoms with Crippen LogP contribution in [-0.4, -0.2) is 18.1 Å². The number of nitrogens with one attached hydrogen (secondary N) is 1. The van der Waals surface area contributed by atoms with Crippen molar-refractivity contribution in [1.29, 1.82) is 0 Å². The normalized spacial score (nSPS) is 11.9. The Morgan fingerprint density at radius 3 is 2.68 bits per heavy atom. The number of nitrogens with zero attached hydrogens (tertiary/aromatic N) is 1. The number of rotatable bonds is 8. The fourth-order valence-corrected chi connectivity index (χ4v) is 1.97. The summed E-state index contributed by atoms with van der Waals surface area (Å²) in [6, 6.07) is 4.94. The van der Waals surface area contributed by atoms with Crippen molar-refractivity contribution < 1.29 is 9.66 Å². The van der Waals surface area contributed by atoms with Crippen LogP contribution >= 0.6 is 0 Å². The molecule has 0 spiro atoms. The Kier molecular flexibility index (Phi) is 6.12. The van der Waals surface area contributed by atoms with E-state index in [9.17, 15) is 10.1 Å². The Morgan fingerprint density at radius 1 is 1.42 bits per heavy atom. The molecule has 0 aliphatic heterocycles. The molecule has 106 valence electrons. The highest BCUT2D eigenvalue weighted by Gasteiger charge is 2.14. The van der Waals surface area contributed by atoms with Crippen LogP contribution in [0.1, 0.15) is 39.5 Å². The molecular formula is C14H22N2O3. The fraction of sp³-hybridized carbons (Fsp3) is 0.571. The minimum atomic E-state index is -0.391. The summed E-state index contributed by atoms with van der Waals surface area (Å²) >= 11 is 0. The highest BCUT2D eigenvalue weighted by molar-refractivity contribution is 5.62. The van der Waals surface area contributed by atoms with Crippen molar-refractivity contribution >= 4 is 11.4 Å². The summed E-state index contributed by atoms with van der Waals surface area (Å²) in [5.74, 6) is 0.639. The topological polar surface area (TPSA) is 64.4 Å². The lowest BCUT2D eigenvalue weighted by molar-refractivity contribution is -0.384. The van der Waals surface area contributed by atoms with Crippen LogP contribution in [0.5, 0.6) is 5.75 Å². The third-order valence-electron chi connectivity index (χ3n) is 3.15. The van der Waals surface area contributed by atoms with Crippen LogP contribution in [0.25, 0.3) is 0 Å². The molecule has 19 heavy (non-hydrogen) atoms. The van der Waals surface area contributed by atoms with Gasteiger partial charge in [-0.15, -0.1) is 0 Å². The molecule has 0 fully saturated rings. The number of methoxy groups -OCH3 is 1. The molecule has 1 rings (SSSR count). The molecule has 0 aromatic heterocycles. The fourth-order valence-electron chi connectivity index (χ4n) is 1.97. The lowest BCUT2D eigenvalue weighted by Gasteiger charge is -2.19. The molecule has 0 heterocycles. The molecule has 1 atom stereocenters. The molecule has 1 N–H and O–H groups in total. The van der Waals surface area contributed by atoms with Crippen molar-refractivity contribution in [3.63, 3.8) is 0 Å². The Bertz CT molecular complexity index is 421. The van der Waals surface area contributed by atoms with E-state index in [2.05, 4.69) is 19.2 Å². The zero-order chi connectivity index (χ0) is 14.3. The number of ether oxygens (including phenoxy) is 1. The standard InChI is InChI=1S/C14H22N2O3/c1-4-6-7-11(5-2)15-13-10-12(16(17)18)8-9-14(13)19-3/h8-11,15H,4-7H2,1-3H3. The first kappa shape index (κ1) is 15.3. The molecule has 1 aromatic carbocycles. The van der Waals surface area contributed by atoms with E-state index in [-0.39, 0.29) is 5.69 Å². The van der Waals surface area contributed by atoms with Gasteiger partial charge >= 0.3 is 0 Å². The van der Waals surface area contributed by atoms with Gasteiger partial charge in [0.25, 0.3) is 5.69 Å². The second-order valence-corrected chi connectivity index (χ2v) is 4.53. The summed E-state index contributed by atoms with van der Waals surface area (Å²) in [6.45, 7) is 4.26. The minimum Gasteiger partial charge on any atom is -0.495 e. The third-order valence-corrected chi connectivity index (χ3v) is 3.15. The number of non-ortho nitro benzene ring substituents is 1. The van der Waals surface area contributed by atoms with E-state index in [0.29, 0.717) is 17.5 Å². The Hall–Kier alpha value is -1.78. The quantitative estimate of drug-likeness (QED) is 0.571. The molecule has 0 saturated heterocycles. The summed E-state index contributed by atoms with van der Waals surface area (Å²) in [5, 5.41) is 14.2. The van der Waals surface area contributed by atoms with Gasteiger partial charge in [0.05, 0.1) is 17.7 Å². The number of hydrogen-bond donors (Lipinski definition) is 1. The lowest BCUT2D eigenvalue weighted by atomic mass is 10.1. The lowest BCUT2D eigenvalue weighted by Crippen LogP contribution is -2.18. The highest BCUT2D eigenvalue weighted by Crippen LogP contribution is 2.30. The first-order valence-electron chi connectivity index (χ1n) is 6.71. The van der Waals surface area contributed by atoms with Gasteiger partial charge in [-0.25, -0.2) is 0 Å². The van der Waals surface area contributed by atoms with Crippen molar-refractivity contribution in [2.75, 3.05) is 12.4 Å². The van der Waals surface area contributed by atoms with Crippen LogP contribution in [0.15, 0.2) is 18.2 Å². The van der Waals surface area contributed by atoms with E-state index >= 15 is 0 Å². The molecule has 1 aromatic rings. The van der Waals surface area contributed by atoms with E-state index in [0.717, 1.165) is 25.7 Å². The predicted octanol–water partition coefficient (Wildman–Crippen LogP) is 3.98. The molecule has 0 bridgehead atoms. The van der Waals surface area contributed by atoms with Gasteiger partial charge < -0.3 is 10.1 Å². The van der Waals surface area contributed by atoms with E-state index < -0.39 is 4.92 Å². The molecular weight excluding hydrogens is 244 g/mol. The first-order chi connectivity index (χ1) is 9.12. The Morgan fingerprint density at radius 2 is 2.16 bits per heavy atom. The summed E-state index contributed by atoms with van der Waals surface area (Å²) < 4.78 is 5.24. The van der Waals surface area contributed by atoms with E-state index in [4.69, 9.17) is 4.74 Å². The maximum absolute atomic E-state index is 10.8. The second-order valence-electron chi connectivity index (χ2n) is 4.53. The summed E-state index contributed by atoms with van der Waals surface area (Å²) in [6.07, 6.45) is 4.32. The number of nitro groups is 1. The van der Waals surface area contributed by atoms with Gasteiger partial charge in [-0.3, -0.25) is 10.1 Å². The largest absolute Gasteiger partial charge is 0.495 e. The number of benzene rings is 1. The average molecular weight is 266 g/mol. The summed E-state index contributed by atoms with van der Waals surface area (Å²) in [4.78, 5) is 10.4. The zero-order valence-corrected chi connectivity index (χ0v) is 11.8. The Balaban J connectivity index is 2.89. The van der Waals surface area contributed by atoms with Gasteiger partial charge in [0.15, 0.2) is 0 Å². The van der Waals surface area contributed by atoms with Gasteiger partial charge in [-0.05, 0) is 18.9 Å². The van der Waals surface area contributed by atoms with Crippen LogP contribution < -0.4 is 10.1 Å². The van der Waals surface area contributed by atoms with E-state index in [1.807, 2.05) is 0 Å². The monoisotopic (exact) mass is 266 g/mol. The second kappa shape index (κ2) is 7.61. The van der Waals surface area contributed by atoms with Crippen LogP contribution in [0.3, 0.4) is 0 Å². The average Bonchev–Trinajstić information content (AvgIpc) is 2.43. The van der Waals surface area contributed by atoms with Crippen LogP contribution in [0.4, 0.5) is 11.4 Å². The Labute approximate surface area is 114 Å². The van der Waals surface area contributed by atoms with E-state index in [1.54, 1.807) is 13.2 Å². The molecule has 1 unspecified atom stereocenters. The molecule has 5 nitrogen and oxygen atoms in total. The van der Waals surface area contributed by atoms with Crippen molar-refractivity contribution in [2.45, 2.75) is 45.6 Å². The third kappa shape index (κ3) is 4.43. The SMILES string of the molecule is CCCCC(CC)Nc1cc([N+](=O)[O-])ccc1OC.